The van der Waals surface area contributed by atoms with Crippen LogP contribution in [-0.2, 0) is 27.4 Å². The van der Waals surface area contributed by atoms with Crippen LogP contribution in [0.25, 0.3) is 32.9 Å². The lowest BCUT2D eigenvalue weighted by molar-refractivity contribution is -0.138. The van der Waals surface area contributed by atoms with Gasteiger partial charge in [0.05, 0.1) is 0 Å². The number of carboxylic acid groups (broad SMARTS) is 2. The first kappa shape index (κ1) is 35.7. The third-order valence-electron chi connectivity index (χ3n) is 10.8. The first-order chi connectivity index (χ1) is 26.8. The van der Waals surface area contributed by atoms with E-state index in [-0.39, 0.29) is 25.1 Å². The molecule has 0 atom stereocenters. The number of aliphatic carboxylic acids is 2. The molecule has 0 saturated carbocycles. The highest BCUT2D eigenvalue weighted by Gasteiger charge is 2.30. The zero-order valence-electron chi connectivity index (χ0n) is 30.5. The van der Waals surface area contributed by atoms with Gasteiger partial charge in [-0.2, -0.15) is 0 Å². The number of piperazine rings is 2. The molecule has 2 aliphatic heterocycles. The van der Waals surface area contributed by atoms with Crippen molar-refractivity contribution in [2.45, 2.75) is 19.0 Å². The molecule has 0 unspecified atom stereocenters. The molecule has 4 aromatic carbocycles. The number of fused-ring (bicyclic) bond motifs is 5. The molecule has 6 aromatic rings. The Morgan fingerprint density at radius 2 is 1.11 bits per heavy atom. The summed E-state index contributed by atoms with van der Waals surface area (Å²) < 4.78 is 9.33. The van der Waals surface area contributed by atoms with E-state index in [1.165, 1.54) is 27.9 Å². The van der Waals surface area contributed by atoms with Gasteiger partial charge in [0.15, 0.2) is 0 Å². The number of ether oxygens (including phenoxy) is 1. The Kier molecular flexibility index (Phi) is 10.1. The highest BCUT2D eigenvalue weighted by molar-refractivity contribution is 5.86. The van der Waals surface area contributed by atoms with Gasteiger partial charge in [0.1, 0.15) is 19.7 Å². The largest absolute Gasteiger partial charge is 0.480 e. The van der Waals surface area contributed by atoms with Gasteiger partial charge < -0.3 is 44.1 Å². The number of anilines is 2. The molecule has 2 aromatic heterocycles. The number of hydrogen-bond donors (Lipinski definition) is 3. The fourth-order valence-corrected chi connectivity index (χ4v) is 8.09. The Morgan fingerprint density at radius 1 is 0.618 bits per heavy atom. The van der Waals surface area contributed by atoms with E-state index in [2.05, 4.69) is 57.6 Å². The summed E-state index contributed by atoms with van der Waals surface area (Å²) in [7, 11) is 0. The van der Waals surface area contributed by atoms with Crippen LogP contribution >= 0.6 is 0 Å². The maximum absolute atomic E-state index is 12.9. The van der Waals surface area contributed by atoms with Crippen LogP contribution in [0.2, 0.25) is 0 Å². The Bertz CT molecular complexity index is 2310. The van der Waals surface area contributed by atoms with Gasteiger partial charge in [0.25, 0.3) is 0 Å². The minimum atomic E-state index is -0.860. The summed E-state index contributed by atoms with van der Waals surface area (Å²) in [6.45, 7) is 6.95. The topological polar surface area (TPSA) is 133 Å². The average molecular weight is 741 g/mol. The molecule has 0 spiro atoms. The van der Waals surface area contributed by atoms with E-state index in [4.69, 9.17) is 14.9 Å². The normalized spacial score (nSPS) is 15.4. The first-order valence-electron chi connectivity index (χ1n) is 18.7. The summed E-state index contributed by atoms with van der Waals surface area (Å²) in [6.07, 6.45) is 3.37. The van der Waals surface area contributed by atoms with Gasteiger partial charge in [-0.05, 0) is 70.8 Å². The lowest BCUT2D eigenvalue weighted by Crippen LogP contribution is -2.49. The molecule has 1 aliphatic carbocycles. The molecular formula is C43H44N6O6. The number of nitrogens with one attached hydrogen (secondary N) is 1. The van der Waals surface area contributed by atoms with Crippen LogP contribution in [0.1, 0.15) is 17.0 Å². The molecule has 2 saturated heterocycles. The number of benzene rings is 4. The summed E-state index contributed by atoms with van der Waals surface area (Å²) in [5, 5.41) is 23.4. The molecule has 282 valence electrons. The van der Waals surface area contributed by atoms with Crippen molar-refractivity contribution in [2.75, 3.05) is 68.8 Å². The molecule has 0 radical (unpaired) electrons. The van der Waals surface area contributed by atoms with Crippen LogP contribution in [0.4, 0.5) is 16.2 Å². The lowest BCUT2D eigenvalue weighted by atomic mass is 9.98. The van der Waals surface area contributed by atoms with Crippen LogP contribution in [-0.4, -0.2) is 101 Å². The second kappa shape index (κ2) is 15.6. The maximum Gasteiger partial charge on any atom is 0.409 e. The van der Waals surface area contributed by atoms with Crippen LogP contribution in [0, 0.1) is 0 Å². The minimum absolute atomic E-state index is 0.0104. The number of amides is 1. The Labute approximate surface area is 318 Å². The molecule has 9 rings (SSSR count). The molecule has 0 bridgehead atoms. The monoisotopic (exact) mass is 740 g/mol. The van der Waals surface area contributed by atoms with E-state index in [1.807, 2.05) is 60.8 Å². The second-order valence-electron chi connectivity index (χ2n) is 14.2. The van der Waals surface area contributed by atoms with Crippen molar-refractivity contribution in [3.63, 3.8) is 0 Å². The zero-order chi connectivity index (χ0) is 37.9. The average Bonchev–Trinajstić information content (AvgIpc) is 3.90. The third-order valence-corrected chi connectivity index (χ3v) is 10.8. The summed E-state index contributed by atoms with van der Waals surface area (Å²) in [4.78, 5) is 41.2. The van der Waals surface area contributed by atoms with Gasteiger partial charge in [-0.1, -0.05) is 48.5 Å². The molecule has 12 nitrogen and oxygen atoms in total. The van der Waals surface area contributed by atoms with Crippen molar-refractivity contribution in [1.82, 2.24) is 19.4 Å². The number of aromatic nitrogens is 2. The van der Waals surface area contributed by atoms with E-state index in [0.29, 0.717) is 32.8 Å². The highest BCUT2D eigenvalue weighted by Crippen LogP contribution is 2.44. The van der Waals surface area contributed by atoms with E-state index < -0.39 is 11.9 Å². The van der Waals surface area contributed by atoms with Crippen LogP contribution in [0.3, 0.4) is 0 Å². The van der Waals surface area contributed by atoms with Crippen molar-refractivity contribution in [1.29, 1.82) is 0 Å². The van der Waals surface area contributed by atoms with E-state index in [1.54, 1.807) is 20.2 Å². The minimum Gasteiger partial charge on any atom is -0.480 e. The first-order valence-corrected chi connectivity index (χ1v) is 18.7. The van der Waals surface area contributed by atoms with Crippen molar-refractivity contribution in [3.8, 4) is 11.1 Å². The fourth-order valence-electron chi connectivity index (χ4n) is 8.09. The van der Waals surface area contributed by atoms with E-state index in [0.717, 1.165) is 53.7 Å². The molecular weight excluding hydrogens is 697 g/mol. The molecule has 1 amide bonds. The van der Waals surface area contributed by atoms with Gasteiger partial charge in [0, 0.05) is 104 Å². The number of carbonyl (C=O) groups is 3. The van der Waals surface area contributed by atoms with Crippen molar-refractivity contribution in [2.24, 2.45) is 0 Å². The molecule has 55 heavy (non-hydrogen) atoms. The van der Waals surface area contributed by atoms with Crippen molar-refractivity contribution >= 4 is 51.2 Å². The van der Waals surface area contributed by atoms with Gasteiger partial charge >= 0.3 is 18.0 Å². The van der Waals surface area contributed by atoms with Crippen LogP contribution in [0.15, 0.2) is 109 Å². The smallest absolute Gasteiger partial charge is 0.409 e. The molecule has 12 heteroatoms. The summed E-state index contributed by atoms with van der Waals surface area (Å²) >= 11 is 0. The Hall–Kier alpha value is -6.27. The van der Waals surface area contributed by atoms with E-state index >= 15 is 0 Å². The molecule has 3 N–H and O–H groups in total. The quantitative estimate of drug-likeness (QED) is 0.174. The van der Waals surface area contributed by atoms with Crippen LogP contribution < -0.4 is 15.1 Å². The number of carbonyl (C=O) groups excluding carboxylic acids is 1. The van der Waals surface area contributed by atoms with Gasteiger partial charge in [-0.25, -0.2) is 4.79 Å². The Balaban J connectivity index is 0.000000189. The number of rotatable bonds is 8. The van der Waals surface area contributed by atoms with E-state index in [9.17, 15) is 14.4 Å². The summed E-state index contributed by atoms with van der Waals surface area (Å²) in [6, 6.07) is 32.9. The van der Waals surface area contributed by atoms with Crippen molar-refractivity contribution < 1.29 is 29.3 Å². The third kappa shape index (κ3) is 7.58. The number of carboxylic acids is 2. The number of nitrogens with zero attached hydrogens (tertiary/aromatic N) is 5. The predicted molar refractivity (Wildman–Crippen MR) is 213 cm³/mol. The zero-order valence-corrected chi connectivity index (χ0v) is 30.5. The van der Waals surface area contributed by atoms with Gasteiger partial charge in [-0.3, -0.25) is 9.59 Å². The molecule has 4 heterocycles. The predicted octanol–water partition coefficient (Wildman–Crippen LogP) is 5.93. The molecule has 2 fully saturated rings. The number of hydrogen-bond acceptors (Lipinski definition) is 7. The van der Waals surface area contributed by atoms with Gasteiger partial charge in [0.2, 0.25) is 0 Å². The standard InChI is InChI=1S/C29H27N3O4.C14H17N3O2/c33-28(34)18-32-12-11-20-17-21(9-10-27(20)32)30-13-15-31(16-14-30)29(35)36-19-26-24-7-3-1-5-22(24)23-6-2-4-8-25(23)26;18-14(19)10-17-6-3-11-9-12(1-2-13(11)17)16-7-4-15-5-8-16/h1-12,17,26H,13-16,18-19H2,(H,33,34);1-3,6,9,15H,4-5,7-8,10H2,(H,18,19). The maximum atomic E-state index is 12.9. The lowest BCUT2D eigenvalue weighted by Gasteiger charge is -2.35. The highest BCUT2D eigenvalue weighted by atomic mass is 16.6. The van der Waals surface area contributed by atoms with Gasteiger partial charge in [-0.15, -0.1) is 0 Å². The summed E-state index contributed by atoms with van der Waals surface area (Å²) in [5.41, 5.74) is 9.02. The molecule has 3 aliphatic rings. The second-order valence-corrected chi connectivity index (χ2v) is 14.2. The SMILES string of the molecule is O=C(O)Cn1ccc2cc(N3CCN(C(=O)OCC4c5ccccc5-c5ccccc54)CC3)ccc21.O=C(O)Cn1ccc2cc(N3CCNCC3)ccc21. The fraction of sp³-hybridized carbons (Fsp3) is 0.279. The van der Waals surface area contributed by atoms with Crippen LogP contribution in [0.5, 0.6) is 0 Å². The Morgan fingerprint density at radius 3 is 1.62 bits per heavy atom. The summed E-state index contributed by atoms with van der Waals surface area (Å²) in [5.74, 6) is -1.62. The van der Waals surface area contributed by atoms with Crippen molar-refractivity contribution in [3.05, 3.63) is 121 Å².